The summed E-state index contributed by atoms with van der Waals surface area (Å²) < 4.78 is 43.3. The molecular formula is C14H10F3N5O2. The molecule has 0 spiro atoms. The van der Waals surface area contributed by atoms with Gasteiger partial charge in [0.15, 0.2) is 0 Å². The third kappa shape index (κ3) is 2.39. The molecule has 3 aromatic rings. The Morgan fingerprint density at radius 2 is 1.96 bits per heavy atom. The van der Waals surface area contributed by atoms with Gasteiger partial charge in [-0.25, -0.2) is 4.98 Å². The molecule has 10 heteroatoms. The summed E-state index contributed by atoms with van der Waals surface area (Å²) in [5, 5.41) is 3.34. The molecule has 0 radical (unpaired) electrons. The number of pyridine rings is 1. The zero-order chi connectivity index (χ0) is 16.9. The van der Waals surface area contributed by atoms with Crippen molar-refractivity contribution < 1.29 is 22.5 Å². The molecule has 0 unspecified atom stereocenters. The van der Waals surface area contributed by atoms with E-state index in [0.29, 0.717) is 24.3 Å². The first kappa shape index (κ1) is 14.7. The Balaban J connectivity index is 1.68. The molecule has 0 saturated carbocycles. The van der Waals surface area contributed by atoms with Gasteiger partial charge in [-0.05, 0) is 18.6 Å². The quantitative estimate of drug-likeness (QED) is 0.717. The number of rotatable bonds is 2. The first-order chi connectivity index (χ1) is 11.4. The van der Waals surface area contributed by atoms with Gasteiger partial charge >= 0.3 is 12.1 Å². The molecule has 0 bridgehead atoms. The average Bonchev–Trinajstić information content (AvgIpc) is 3.11. The molecule has 0 atom stereocenters. The molecule has 0 N–H and O–H groups in total. The third-order valence-electron chi connectivity index (χ3n) is 3.74. The topological polar surface area (TPSA) is 76.5 Å². The molecule has 3 aromatic heterocycles. The van der Waals surface area contributed by atoms with Crippen LogP contribution in [0.3, 0.4) is 0 Å². The van der Waals surface area contributed by atoms with Crippen LogP contribution in [0.25, 0.3) is 17.0 Å². The van der Waals surface area contributed by atoms with Crippen LogP contribution >= 0.6 is 0 Å². The third-order valence-corrected chi connectivity index (χ3v) is 3.74. The number of alkyl halides is 3. The van der Waals surface area contributed by atoms with Crippen LogP contribution in [0.5, 0.6) is 0 Å². The first-order valence-corrected chi connectivity index (χ1v) is 7.11. The Morgan fingerprint density at radius 1 is 1.17 bits per heavy atom. The minimum Gasteiger partial charge on any atom is -0.337 e. The smallest absolute Gasteiger partial charge is 0.337 e. The fourth-order valence-electron chi connectivity index (χ4n) is 2.36. The second kappa shape index (κ2) is 5.05. The lowest BCUT2D eigenvalue weighted by Gasteiger charge is -2.29. The van der Waals surface area contributed by atoms with Crippen LogP contribution in [0.1, 0.15) is 22.8 Å². The van der Waals surface area contributed by atoms with Gasteiger partial charge < -0.3 is 13.8 Å². The molecule has 124 valence electrons. The molecule has 4 rings (SSSR count). The molecule has 1 aliphatic rings. The number of amides is 1. The second-order valence-electron chi connectivity index (χ2n) is 5.38. The van der Waals surface area contributed by atoms with E-state index in [1.165, 1.54) is 18.5 Å². The number of fused-ring (bicyclic) bond motifs is 1. The summed E-state index contributed by atoms with van der Waals surface area (Å²) in [5.74, 6) is -1.75. The van der Waals surface area contributed by atoms with E-state index >= 15 is 0 Å². The lowest BCUT2D eigenvalue weighted by atomic mass is 10.2. The Bertz CT molecular complexity index is 926. The zero-order valence-corrected chi connectivity index (χ0v) is 12.1. The summed E-state index contributed by atoms with van der Waals surface area (Å²) in [4.78, 5) is 21.4. The van der Waals surface area contributed by atoms with Crippen molar-refractivity contribution in [1.82, 2.24) is 24.4 Å². The molecule has 0 aromatic carbocycles. The van der Waals surface area contributed by atoms with Crippen molar-refractivity contribution >= 4 is 11.6 Å². The van der Waals surface area contributed by atoms with Crippen molar-refractivity contribution in [2.75, 3.05) is 13.1 Å². The number of carbonyl (C=O) groups is 1. The number of halogens is 3. The Labute approximate surface area is 132 Å². The molecule has 1 aliphatic heterocycles. The Morgan fingerprint density at radius 3 is 2.58 bits per heavy atom. The summed E-state index contributed by atoms with van der Waals surface area (Å²) in [6.45, 7) is 1.42. The van der Waals surface area contributed by atoms with E-state index < -0.39 is 12.1 Å². The number of imidazole rings is 1. The van der Waals surface area contributed by atoms with Crippen LogP contribution in [-0.4, -0.2) is 43.4 Å². The lowest BCUT2D eigenvalue weighted by molar-refractivity contribution is -0.159. The van der Waals surface area contributed by atoms with E-state index in [4.69, 9.17) is 0 Å². The van der Waals surface area contributed by atoms with Gasteiger partial charge in [-0.3, -0.25) is 4.79 Å². The number of aromatic nitrogens is 4. The van der Waals surface area contributed by atoms with Crippen molar-refractivity contribution in [2.24, 2.45) is 0 Å². The van der Waals surface area contributed by atoms with Crippen molar-refractivity contribution in [3.05, 3.63) is 36.1 Å². The van der Waals surface area contributed by atoms with Gasteiger partial charge in [0.1, 0.15) is 11.3 Å². The van der Waals surface area contributed by atoms with E-state index in [-0.39, 0.29) is 17.4 Å². The summed E-state index contributed by atoms with van der Waals surface area (Å²) in [6, 6.07) is 3.09. The van der Waals surface area contributed by atoms with Gasteiger partial charge in [0.25, 0.3) is 5.91 Å². The maximum Gasteiger partial charge on any atom is 0.471 e. The monoisotopic (exact) mass is 337 g/mol. The standard InChI is InChI=1S/C14H10F3N5O2/c15-14(16,17)13-19-11(20-24-13)8-2-3-10-18-9(7-22(10)6-8)12(23)21-4-1-5-21/h2-3,6-7H,1,4-5H2. The number of hydrogen-bond donors (Lipinski definition) is 0. The van der Waals surface area contributed by atoms with Crippen LogP contribution in [-0.2, 0) is 6.18 Å². The Hall–Kier alpha value is -2.91. The summed E-state index contributed by atoms with van der Waals surface area (Å²) >= 11 is 0. The van der Waals surface area contributed by atoms with Crippen LogP contribution in [0.2, 0.25) is 0 Å². The second-order valence-corrected chi connectivity index (χ2v) is 5.38. The number of hydrogen-bond acceptors (Lipinski definition) is 5. The molecule has 4 heterocycles. The summed E-state index contributed by atoms with van der Waals surface area (Å²) in [6.07, 6.45) is -0.686. The molecule has 24 heavy (non-hydrogen) atoms. The SMILES string of the molecule is O=C(c1cn2cc(-c3noc(C(F)(F)F)n3)ccc2n1)N1CCC1. The van der Waals surface area contributed by atoms with Gasteiger partial charge in [0.05, 0.1) is 0 Å². The van der Waals surface area contributed by atoms with E-state index in [0.717, 1.165) is 6.42 Å². The highest BCUT2D eigenvalue weighted by atomic mass is 19.4. The minimum absolute atomic E-state index is 0.162. The van der Waals surface area contributed by atoms with Crippen molar-refractivity contribution in [2.45, 2.75) is 12.6 Å². The van der Waals surface area contributed by atoms with Gasteiger partial charge in [-0.2, -0.15) is 18.2 Å². The summed E-state index contributed by atoms with van der Waals surface area (Å²) in [7, 11) is 0. The van der Waals surface area contributed by atoms with Crippen LogP contribution in [0, 0.1) is 0 Å². The van der Waals surface area contributed by atoms with Crippen LogP contribution in [0.4, 0.5) is 13.2 Å². The lowest BCUT2D eigenvalue weighted by Crippen LogP contribution is -2.42. The van der Waals surface area contributed by atoms with Crippen molar-refractivity contribution in [3.8, 4) is 11.4 Å². The first-order valence-electron chi connectivity index (χ1n) is 7.11. The maximum absolute atomic E-state index is 12.5. The largest absolute Gasteiger partial charge is 0.471 e. The molecule has 7 nitrogen and oxygen atoms in total. The van der Waals surface area contributed by atoms with E-state index in [1.54, 1.807) is 15.4 Å². The van der Waals surface area contributed by atoms with Crippen LogP contribution < -0.4 is 0 Å². The van der Waals surface area contributed by atoms with Crippen LogP contribution in [0.15, 0.2) is 29.0 Å². The Kier molecular flexibility index (Phi) is 3.08. The minimum atomic E-state index is -4.69. The molecule has 0 aliphatic carbocycles. The highest BCUT2D eigenvalue weighted by Gasteiger charge is 2.38. The predicted octanol–water partition coefficient (Wildman–Crippen LogP) is 2.25. The molecular weight excluding hydrogens is 327 g/mol. The molecule has 1 saturated heterocycles. The van der Waals surface area contributed by atoms with Gasteiger partial charge in [-0.1, -0.05) is 5.16 Å². The predicted molar refractivity (Wildman–Crippen MR) is 74.0 cm³/mol. The fourth-order valence-corrected chi connectivity index (χ4v) is 2.36. The number of nitrogens with zero attached hydrogens (tertiary/aromatic N) is 5. The van der Waals surface area contributed by atoms with Crippen molar-refractivity contribution in [1.29, 1.82) is 0 Å². The van der Waals surface area contributed by atoms with E-state index in [1.807, 2.05) is 0 Å². The molecule has 1 fully saturated rings. The van der Waals surface area contributed by atoms with E-state index in [2.05, 4.69) is 19.6 Å². The van der Waals surface area contributed by atoms with E-state index in [9.17, 15) is 18.0 Å². The number of carbonyl (C=O) groups excluding carboxylic acids is 1. The number of likely N-dealkylation sites (tertiary alicyclic amines) is 1. The zero-order valence-electron chi connectivity index (χ0n) is 12.1. The highest BCUT2D eigenvalue weighted by molar-refractivity contribution is 5.93. The van der Waals surface area contributed by atoms with Gasteiger partial charge in [0, 0.05) is 31.0 Å². The maximum atomic E-state index is 12.5. The molecule has 1 amide bonds. The normalized spacial score (nSPS) is 14.9. The highest BCUT2D eigenvalue weighted by Crippen LogP contribution is 2.29. The summed E-state index contributed by atoms with van der Waals surface area (Å²) in [5.41, 5.74) is 1.11. The fraction of sp³-hybridized carbons (Fsp3) is 0.286. The van der Waals surface area contributed by atoms with Gasteiger partial charge in [-0.15, -0.1) is 0 Å². The average molecular weight is 337 g/mol. The van der Waals surface area contributed by atoms with Gasteiger partial charge in [0.2, 0.25) is 5.82 Å². The van der Waals surface area contributed by atoms with Crippen molar-refractivity contribution in [3.63, 3.8) is 0 Å².